The van der Waals surface area contributed by atoms with Gasteiger partial charge in [0.1, 0.15) is 11.6 Å². The van der Waals surface area contributed by atoms with Crippen LogP contribution in [0.4, 0.5) is 14.5 Å². The summed E-state index contributed by atoms with van der Waals surface area (Å²) in [5.74, 6) is -0.719. The zero-order valence-corrected chi connectivity index (χ0v) is 10.6. The molecule has 2 rings (SSSR count). The maximum atomic E-state index is 13.5. The van der Waals surface area contributed by atoms with Crippen molar-refractivity contribution in [3.63, 3.8) is 0 Å². The Morgan fingerprint density at radius 2 is 1.78 bits per heavy atom. The zero-order chi connectivity index (χ0) is 13.1. The second-order valence-corrected chi connectivity index (χ2v) is 4.51. The standard InChI is InChI=1S/C14H12ClF2N/c1-9-2-4-12(16)10(6-9)8-18-14-7-11(15)3-5-13(14)17/h2-7,18H,8H2,1H3. The van der Waals surface area contributed by atoms with Gasteiger partial charge in [-0.15, -0.1) is 0 Å². The minimum Gasteiger partial charge on any atom is -0.378 e. The summed E-state index contributed by atoms with van der Waals surface area (Å²) >= 11 is 5.77. The molecule has 18 heavy (non-hydrogen) atoms. The van der Waals surface area contributed by atoms with Gasteiger partial charge in [0.15, 0.2) is 0 Å². The molecule has 0 radical (unpaired) electrons. The SMILES string of the molecule is Cc1ccc(F)c(CNc2cc(Cl)ccc2F)c1. The Kier molecular flexibility index (Phi) is 3.82. The molecular formula is C14H12ClF2N. The summed E-state index contributed by atoms with van der Waals surface area (Å²) in [6.07, 6.45) is 0. The van der Waals surface area contributed by atoms with E-state index >= 15 is 0 Å². The van der Waals surface area contributed by atoms with Crippen LogP contribution in [0.2, 0.25) is 5.02 Å². The molecule has 0 heterocycles. The van der Waals surface area contributed by atoms with Gasteiger partial charge < -0.3 is 5.32 Å². The fourth-order valence-electron chi connectivity index (χ4n) is 1.66. The van der Waals surface area contributed by atoms with Gasteiger partial charge in [-0.25, -0.2) is 8.78 Å². The molecule has 0 fully saturated rings. The molecule has 0 spiro atoms. The highest BCUT2D eigenvalue weighted by Gasteiger charge is 2.05. The van der Waals surface area contributed by atoms with Crippen LogP contribution in [0.25, 0.3) is 0 Å². The third-order valence-corrected chi connectivity index (χ3v) is 2.83. The van der Waals surface area contributed by atoms with Crippen LogP contribution < -0.4 is 5.32 Å². The molecule has 0 aliphatic carbocycles. The molecule has 0 atom stereocenters. The van der Waals surface area contributed by atoms with Crippen molar-refractivity contribution in [1.82, 2.24) is 0 Å². The van der Waals surface area contributed by atoms with Crippen molar-refractivity contribution in [1.29, 1.82) is 0 Å². The average molecular weight is 268 g/mol. The highest BCUT2D eigenvalue weighted by Crippen LogP contribution is 2.21. The Labute approximate surface area is 109 Å². The lowest BCUT2D eigenvalue weighted by Gasteiger charge is -2.09. The van der Waals surface area contributed by atoms with Crippen molar-refractivity contribution >= 4 is 17.3 Å². The van der Waals surface area contributed by atoms with Gasteiger partial charge >= 0.3 is 0 Å². The summed E-state index contributed by atoms with van der Waals surface area (Å²) in [5, 5.41) is 3.27. The molecule has 94 valence electrons. The minimum atomic E-state index is -0.410. The van der Waals surface area contributed by atoms with Gasteiger partial charge in [-0.05, 0) is 31.2 Å². The molecule has 0 amide bonds. The number of anilines is 1. The number of halogens is 3. The molecule has 2 aromatic rings. The van der Waals surface area contributed by atoms with E-state index in [4.69, 9.17) is 11.6 Å². The molecule has 0 aliphatic rings. The Hall–Kier alpha value is -1.61. The Morgan fingerprint density at radius 3 is 2.56 bits per heavy atom. The van der Waals surface area contributed by atoms with Gasteiger partial charge in [0.2, 0.25) is 0 Å². The van der Waals surface area contributed by atoms with Crippen molar-refractivity contribution in [2.75, 3.05) is 5.32 Å². The van der Waals surface area contributed by atoms with Gasteiger partial charge in [-0.2, -0.15) is 0 Å². The third-order valence-electron chi connectivity index (χ3n) is 2.60. The number of nitrogens with one attached hydrogen (secondary N) is 1. The van der Waals surface area contributed by atoms with E-state index in [9.17, 15) is 8.78 Å². The Bertz CT molecular complexity index is 518. The molecule has 2 aromatic carbocycles. The first kappa shape index (κ1) is 12.8. The molecule has 1 N–H and O–H groups in total. The predicted octanol–water partition coefficient (Wildman–Crippen LogP) is 4.54. The van der Waals surface area contributed by atoms with Crippen LogP contribution in [0.3, 0.4) is 0 Å². The number of aryl methyl sites for hydroxylation is 1. The first-order valence-corrected chi connectivity index (χ1v) is 5.88. The van der Waals surface area contributed by atoms with Crippen LogP contribution >= 0.6 is 11.6 Å². The molecule has 0 bridgehead atoms. The summed E-state index contributed by atoms with van der Waals surface area (Å²) < 4.78 is 26.9. The lowest BCUT2D eigenvalue weighted by Crippen LogP contribution is -2.03. The Morgan fingerprint density at radius 1 is 1.06 bits per heavy atom. The molecule has 0 saturated heterocycles. The van der Waals surface area contributed by atoms with E-state index in [1.54, 1.807) is 12.1 Å². The van der Waals surface area contributed by atoms with Crippen molar-refractivity contribution in [2.24, 2.45) is 0 Å². The van der Waals surface area contributed by atoms with Gasteiger partial charge in [0.05, 0.1) is 5.69 Å². The van der Waals surface area contributed by atoms with Crippen LogP contribution in [0.1, 0.15) is 11.1 Å². The van der Waals surface area contributed by atoms with Crippen molar-refractivity contribution in [2.45, 2.75) is 13.5 Å². The number of rotatable bonds is 3. The van der Waals surface area contributed by atoms with E-state index in [1.807, 2.05) is 6.92 Å². The van der Waals surface area contributed by atoms with E-state index < -0.39 is 5.82 Å². The summed E-state index contributed by atoms with van der Waals surface area (Å²) in [5.41, 5.74) is 1.72. The first-order chi connectivity index (χ1) is 8.56. The van der Waals surface area contributed by atoms with Crippen LogP contribution in [0, 0.1) is 18.6 Å². The van der Waals surface area contributed by atoms with Crippen molar-refractivity contribution in [3.05, 3.63) is 64.2 Å². The monoisotopic (exact) mass is 267 g/mol. The fourth-order valence-corrected chi connectivity index (χ4v) is 1.83. The highest BCUT2D eigenvalue weighted by atomic mass is 35.5. The summed E-state index contributed by atoms with van der Waals surface area (Å²) in [4.78, 5) is 0. The summed E-state index contributed by atoms with van der Waals surface area (Å²) in [7, 11) is 0. The zero-order valence-electron chi connectivity index (χ0n) is 9.81. The number of benzene rings is 2. The summed E-state index contributed by atoms with van der Waals surface area (Å²) in [6.45, 7) is 2.09. The molecular weight excluding hydrogens is 256 g/mol. The second kappa shape index (κ2) is 5.36. The average Bonchev–Trinajstić information content (AvgIpc) is 2.34. The van der Waals surface area contributed by atoms with Gasteiger partial charge in [0.25, 0.3) is 0 Å². The van der Waals surface area contributed by atoms with Crippen molar-refractivity contribution in [3.8, 4) is 0 Å². The van der Waals surface area contributed by atoms with Crippen LogP contribution in [-0.4, -0.2) is 0 Å². The molecule has 0 aliphatic heterocycles. The smallest absolute Gasteiger partial charge is 0.146 e. The molecule has 0 saturated carbocycles. The number of hydrogen-bond donors (Lipinski definition) is 1. The lowest BCUT2D eigenvalue weighted by molar-refractivity contribution is 0.610. The van der Waals surface area contributed by atoms with Gasteiger partial charge in [-0.3, -0.25) is 0 Å². The van der Waals surface area contributed by atoms with E-state index in [1.165, 1.54) is 24.3 Å². The van der Waals surface area contributed by atoms with Gasteiger partial charge in [-0.1, -0.05) is 29.3 Å². The van der Waals surface area contributed by atoms with Crippen LogP contribution in [0.5, 0.6) is 0 Å². The predicted molar refractivity (Wildman–Crippen MR) is 69.9 cm³/mol. The van der Waals surface area contributed by atoms with E-state index in [0.29, 0.717) is 10.6 Å². The van der Waals surface area contributed by atoms with E-state index in [-0.39, 0.29) is 18.0 Å². The van der Waals surface area contributed by atoms with E-state index in [0.717, 1.165) is 5.56 Å². The second-order valence-electron chi connectivity index (χ2n) is 4.07. The quantitative estimate of drug-likeness (QED) is 0.861. The topological polar surface area (TPSA) is 12.0 Å². The fraction of sp³-hybridized carbons (Fsp3) is 0.143. The minimum absolute atomic E-state index is 0.213. The maximum absolute atomic E-state index is 13.5. The first-order valence-electron chi connectivity index (χ1n) is 5.50. The normalized spacial score (nSPS) is 10.4. The summed E-state index contributed by atoms with van der Waals surface area (Å²) in [6, 6.07) is 9.04. The van der Waals surface area contributed by atoms with E-state index in [2.05, 4.69) is 5.32 Å². The molecule has 0 aromatic heterocycles. The third kappa shape index (κ3) is 2.99. The maximum Gasteiger partial charge on any atom is 0.146 e. The highest BCUT2D eigenvalue weighted by molar-refractivity contribution is 6.30. The molecule has 0 unspecified atom stereocenters. The Balaban J connectivity index is 2.16. The lowest BCUT2D eigenvalue weighted by atomic mass is 10.1. The van der Waals surface area contributed by atoms with Crippen LogP contribution in [0.15, 0.2) is 36.4 Å². The van der Waals surface area contributed by atoms with Gasteiger partial charge in [0, 0.05) is 17.1 Å². The van der Waals surface area contributed by atoms with Crippen LogP contribution in [-0.2, 0) is 6.54 Å². The largest absolute Gasteiger partial charge is 0.378 e. The van der Waals surface area contributed by atoms with Crippen molar-refractivity contribution < 1.29 is 8.78 Å². The molecule has 1 nitrogen and oxygen atoms in total. The molecule has 4 heteroatoms. The number of hydrogen-bond acceptors (Lipinski definition) is 1.